The summed E-state index contributed by atoms with van der Waals surface area (Å²) in [6, 6.07) is 17.6. The van der Waals surface area contributed by atoms with Crippen molar-refractivity contribution in [2.24, 2.45) is 0 Å². The number of thiazole rings is 1. The molecule has 0 fully saturated rings. The van der Waals surface area contributed by atoms with Gasteiger partial charge in [-0.05, 0) is 31.2 Å². The maximum absolute atomic E-state index is 12.0. The number of para-hydroxylation sites is 1. The van der Waals surface area contributed by atoms with Gasteiger partial charge in [0.2, 0.25) is 5.91 Å². The molecule has 0 bridgehead atoms. The van der Waals surface area contributed by atoms with E-state index < -0.39 is 0 Å². The molecule has 0 aliphatic rings. The van der Waals surface area contributed by atoms with Crippen molar-refractivity contribution in [1.29, 1.82) is 0 Å². The van der Waals surface area contributed by atoms with Gasteiger partial charge in [0.25, 0.3) is 0 Å². The molecule has 0 spiro atoms. The summed E-state index contributed by atoms with van der Waals surface area (Å²) in [7, 11) is 0. The summed E-state index contributed by atoms with van der Waals surface area (Å²) < 4.78 is 0. The summed E-state index contributed by atoms with van der Waals surface area (Å²) in [6.45, 7) is 3.57. The van der Waals surface area contributed by atoms with Gasteiger partial charge < -0.3 is 0 Å². The summed E-state index contributed by atoms with van der Waals surface area (Å²) >= 11 is 1.64. The zero-order valence-corrected chi connectivity index (χ0v) is 13.3. The Kier molecular flexibility index (Phi) is 4.02. The van der Waals surface area contributed by atoms with E-state index in [2.05, 4.69) is 4.98 Å². The number of benzene rings is 2. The van der Waals surface area contributed by atoms with Crippen molar-refractivity contribution in [2.75, 3.05) is 4.90 Å². The fourth-order valence-corrected chi connectivity index (χ4v) is 2.99. The van der Waals surface area contributed by atoms with Crippen molar-refractivity contribution in [2.45, 2.75) is 13.8 Å². The highest BCUT2D eigenvalue weighted by atomic mass is 32.1. The summed E-state index contributed by atoms with van der Waals surface area (Å²) in [5.41, 5.74) is 3.76. The van der Waals surface area contributed by atoms with Gasteiger partial charge in [-0.2, -0.15) is 0 Å². The third-order valence-corrected chi connectivity index (χ3v) is 4.14. The standard InChI is InChI=1S/C18H16N2OS/c1-13-19-18(12-22-13)15-8-10-17(11-9-15)20(14(2)21)16-6-4-3-5-7-16/h3-12H,1-2H3. The van der Waals surface area contributed by atoms with E-state index in [1.165, 1.54) is 0 Å². The van der Waals surface area contributed by atoms with E-state index in [4.69, 9.17) is 0 Å². The molecule has 0 aliphatic heterocycles. The third kappa shape index (κ3) is 2.92. The Morgan fingerprint density at radius 2 is 1.64 bits per heavy atom. The molecule has 0 aliphatic carbocycles. The molecule has 3 rings (SSSR count). The third-order valence-electron chi connectivity index (χ3n) is 3.37. The van der Waals surface area contributed by atoms with Gasteiger partial charge in [-0.3, -0.25) is 9.69 Å². The molecule has 1 amide bonds. The Morgan fingerprint density at radius 1 is 1.00 bits per heavy atom. The number of amides is 1. The molecule has 4 heteroatoms. The summed E-state index contributed by atoms with van der Waals surface area (Å²) in [6.07, 6.45) is 0. The predicted molar refractivity (Wildman–Crippen MR) is 91.5 cm³/mol. The maximum atomic E-state index is 12.0. The quantitative estimate of drug-likeness (QED) is 0.696. The zero-order chi connectivity index (χ0) is 15.5. The van der Waals surface area contributed by atoms with E-state index in [9.17, 15) is 4.79 Å². The average molecular weight is 308 g/mol. The minimum absolute atomic E-state index is 0.0107. The number of aromatic nitrogens is 1. The van der Waals surface area contributed by atoms with E-state index in [-0.39, 0.29) is 5.91 Å². The van der Waals surface area contributed by atoms with Crippen LogP contribution in [0, 0.1) is 6.92 Å². The van der Waals surface area contributed by atoms with Crippen LogP contribution < -0.4 is 4.90 Å². The molecular weight excluding hydrogens is 292 g/mol. The topological polar surface area (TPSA) is 33.2 Å². The van der Waals surface area contributed by atoms with Crippen LogP contribution in [-0.4, -0.2) is 10.9 Å². The number of hydrogen-bond acceptors (Lipinski definition) is 3. The number of anilines is 2. The number of hydrogen-bond donors (Lipinski definition) is 0. The van der Waals surface area contributed by atoms with Gasteiger partial charge in [0.15, 0.2) is 0 Å². The van der Waals surface area contributed by atoms with Crippen molar-refractivity contribution in [3.8, 4) is 11.3 Å². The highest BCUT2D eigenvalue weighted by Crippen LogP contribution is 2.28. The van der Waals surface area contributed by atoms with Crippen LogP contribution in [0.5, 0.6) is 0 Å². The molecule has 3 nitrogen and oxygen atoms in total. The van der Waals surface area contributed by atoms with Gasteiger partial charge in [0, 0.05) is 29.2 Å². The lowest BCUT2D eigenvalue weighted by Crippen LogP contribution is -2.22. The lowest BCUT2D eigenvalue weighted by Gasteiger charge is -2.21. The van der Waals surface area contributed by atoms with Crippen molar-refractivity contribution in [1.82, 2.24) is 4.98 Å². The summed E-state index contributed by atoms with van der Waals surface area (Å²) in [5.74, 6) is -0.0107. The second kappa shape index (κ2) is 6.12. The predicted octanol–water partition coefficient (Wildman–Crippen LogP) is 4.80. The first-order chi connectivity index (χ1) is 10.6. The van der Waals surface area contributed by atoms with E-state index in [0.717, 1.165) is 27.6 Å². The van der Waals surface area contributed by atoms with Gasteiger partial charge in [0.1, 0.15) is 0 Å². The fourth-order valence-electron chi connectivity index (χ4n) is 2.37. The summed E-state index contributed by atoms with van der Waals surface area (Å²) in [5, 5.41) is 3.10. The molecule has 0 saturated carbocycles. The lowest BCUT2D eigenvalue weighted by atomic mass is 10.1. The smallest absolute Gasteiger partial charge is 0.228 e. The minimum Gasteiger partial charge on any atom is -0.281 e. The minimum atomic E-state index is -0.0107. The van der Waals surface area contributed by atoms with E-state index in [1.54, 1.807) is 23.2 Å². The fraction of sp³-hybridized carbons (Fsp3) is 0.111. The van der Waals surface area contributed by atoms with E-state index >= 15 is 0 Å². The van der Waals surface area contributed by atoms with Gasteiger partial charge in [-0.25, -0.2) is 4.98 Å². The van der Waals surface area contributed by atoms with Crippen LogP contribution in [0.4, 0.5) is 11.4 Å². The molecule has 22 heavy (non-hydrogen) atoms. The number of carbonyl (C=O) groups excluding carboxylic acids is 1. The average Bonchev–Trinajstić information content (AvgIpc) is 2.95. The molecule has 3 aromatic rings. The van der Waals surface area contributed by atoms with E-state index in [0.29, 0.717) is 0 Å². The van der Waals surface area contributed by atoms with Crippen molar-refractivity contribution in [3.05, 3.63) is 65.0 Å². The van der Waals surface area contributed by atoms with Gasteiger partial charge in [-0.1, -0.05) is 30.3 Å². The lowest BCUT2D eigenvalue weighted by molar-refractivity contribution is -0.115. The zero-order valence-electron chi connectivity index (χ0n) is 12.5. The second-order valence-corrected chi connectivity index (χ2v) is 6.05. The normalized spacial score (nSPS) is 10.5. The first-order valence-corrected chi connectivity index (χ1v) is 7.91. The van der Waals surface area contributed by atoms with Crippen molar-refractivity contribution in [3.63, 3.8) is 0 Å². The number of carbonyl (C=O) groups is 1. The first-order valence-electron chi connectivity index (χ1n) is 7.03. The van der Waals surface area contributed by atoms with Gasteiger partial charge in [0.05, 0.1) is 10.7 Å². The van der Waals surface area contributed by atoms with Crippen LogP contribution in [-0.2, 0) is 4.79 Å². The number of rotatable bonds is 3. The number of nitrogens with zero attached hydrogens (tertiary/aromatic N) is 2. The molecular formula is C18H16N2OS. The van der Waals surface area contributed by atoms with Crippen LogP contribution in [0.2, 0.25) is 0 Å². The van der Waals surface area contributed by atoms with Crippen LogP contribution in [0.25, 0.3) is 11.3 Å². The molecule has 1 heterocycles. The van der Waals surface area contributed by atoms with Crippen LogP contribution in [0.15, 0.2) is 60.0 Å². The Balaban J connectivity index is 1.95. The highest BCUT2D eigenvalue weighted by Gasteiger charge is 2.13. The summed E-state index contributed by atoms with van der Waals surface area (Å²) in [4.78, 5) is 18.2. The molecule has 110 valence electrons. The molecule has 2 aromatic carbocycles. The SMILES string of the molecule is CC(=O)N(c1ccccc1)c1ccc(-c2csc(C)n2)cc1. The van der Waals surface area contributed by atoms with Crippen molar-refractivity contribution >= 4 is 28.6 Å². The second-order valence-electron chi connectivity index (χ2n) is 4.99. The monoisotopic (exact) mass is 308 g/mol. The molecule has 0 radical (unpaired) electrons. The van der Waals surface area contributed by atoms with Crippen molar-refractivity contribution < 1.29 is 4.79 Å². The van der Waals surface area contributed by atoms with Crippen LogP contribution in [0.1, 0.15) is 11.9 Å². The largest absolute Gasteiger partial charge is 0.281 e. The first kappa shape index (κ1) is 14.5. The Labute approximate surface area is 133 Å². The molecule has 0 atom stereocenters. The molecule has 0 unspecified atom stereocenters. The van der Waals surface area contributed by atoms with Crippen LogP contribution in [0.3, 0.4) is 0 Å². The van der Waals surface area contributed by atoms with Crippen LogP contribution >= 0.6 is 11.3 Å². The Morgan fingerprint density at radius 3 is 2.18 bits per heavy atom. The Bertz CT molecular complexity index is 778. The Hall–Kier alpha value is -2.46. The highest BCUT2D eigenvalue weighted by molar-refractivity contribution is 7.09. The molecule has 0 N–H and O–H groups in total. The maximum Gasteiger partial charge on any atom is 0.228 e. The van der Waals surface area contributed by atoms with E-state index in [1.807, 2.05) is 66.9 Å². The molecule has 1 aromatic heterocycles. The van der Waals surface area contributed by atoms with Gasteiger partial charge >= 0.3 is 0 Å². The molecule has 0 saturated heterocycles. The van der Waals surface area contributed by atoms with Gasteiger partial charge in [-0.15, -0.1) is 11.3 Å². The number of aryl methyl sites for hydroxylation is 1.